The number of nitrogens with zero attached hydrogens (tertiary/aromatic N) is 1. The van der Waals surface area contributed by atoms with E-state index >= 15 is 0 Å². The summed E-state index contributed by atoms with van der Waals surface area (Å²) < 4.78 is 13.2. The molecule has 2 aliphatic carbocycles. The van der Waals surface area contributed by atoms with Crippen LogP contribution >= 0.6 is 0 Å². The number of aliphatic hydroxyl groups excluding tert-OH is 2. The number of hydrogen-bond donors (Lipinski definition) is 2. The summed E-state index contributed by atoms with van der Waals surface area (Å²) in [7, 11) is 0. The highest BCUT2D eigenvalue weighted by molar-refractivity contribution is 5.24. The van der Waals surface area contributed by atoms with Gasteiger partial charge in [0.15, 0.2) is 0 Å². The molecule has 3 rings (SSSR count). The zero-order valence-corrected chi connectivity index (χ0v) is 18.5. The molecule has 1 saturated heterocycles. The predicted octanol–water partition coefficient (Wildman–Crippen LogP) is 3.08. The minimum absolute atomic E-state index is 0.0230. The molecule has 28 heavy (non-hydrogen) atoms. The zero-order valence-electron chi connectivity index (χ0n) is 18.5. The van der Waals surface area contributed by atoms with Crippen LogP contribution in [-0.4, -0.2) is 63.0 Å². The average molecular weight is 399 g/mol. The van der Waals surface area contributed by atoms with Crippen LogP contribution in [0.2, 0.25) is 0 Å². The Labute approximate surface area is 170 Å². The summed E-state index contributed by atoms with van der Waals surface area (Å²) in [6.07, 6.45) is 3.97. The second kappa shape index (κ2) is 7.47. The van der Waals surface area contributed by atoms with Crippen LogP contribution < -0.4 is 0 Å². The molecule has 2 spiro atoms. The van der Waals surface area contributed by atoms with Crippen LogP contribution in [0.1, 0.15) is 80.1 Å². The SMILES string of the molecule is CC(C)(C)O[C@@H]1[C@@H](OC(C)(C)C)[C@@]2(CCC[C@H]2CO)N([O])[C@]12CCC[C@H]2CO. The van der Waals surface area contributed by atoms with Gasteiger partial charge >= 0.3 is 0 Å². The van der Waals surface area contributed by atoms with Gasteiger partial charge in [-0.25, -0.2) is 0 Å². The summed E-state index contributed by atoms with van der Waals surface area (Å²) in [4.78, 5) is 0. The Kier molecular flexibility index (Phi) is 5.99. The molecular weight excluding hydrogens is 358 g/mol. The minimum Gasteiger partial charge on any atom is -0.396 e. The van der Waals surface area contributed by atoms with Crippen LogP contribution in [0.3, 0.4) is 0 Å². The van der Waals surface area contributed by atoms with Crippen molar-refractivity contribution in [3.8, 4) is 0 Å². The van der Waals surface area contributed by atoms with Crippen LogP contribution in [0.5, 0.6) is 0 Å². The summed E-state index contributed by atoms with van der Waals surface area (Å²) in [5.41, 5.74) is -2.48. The Bertz CT molecular complexity index is 508. The van der Waals surface area contributed by atoms with Gasteiger partial charge in [0.1, 0.15) is 12.2 Å². The van der Waals surface area contributed by atoms with E-state index in [0.717, 1.165) is 25.7 Å². The Morgan fingerprint density at radius 3 is 1.46 bits per heavy atom. The Hall–Kier alpha value is -0.240. The van der Waals surface area contributed by atoms with E-state index in [2.05, 4.69) is 0 Å². The van der Waals surface area contributed by atoms with Crippen molar-refractivity contribution in [3.63, 3.8) is 0 Å². The third-order valence-corrected chi connectivity index (χ3v) is 7.09. The lowest BCUT2D eigenvalue weighted by molar-refractivity contribution is -0.296. The smallest absolute Gasteiger partial charge is 0.107 e. The largest absolute Gasteiger partial charge is 0.396 e. The molecule has 1 heterocycles. The second-order valence-corrected chi connectivity index (χ2v) is 11.1. The molecule has 0 amide bonds. The van der Waals surface area contributed by atoms with Crippen molar-refractivity contribution in [1.29, 1.82) is 0 Å². The predicted molar refractivity (Wildman–Crippen MR) is 106 cm³/mol. The highest BCUT2D eigenvalue weighted by Crippen LogP contribution is 2.61. The topological polar surface area (TPSA) is 82.1 Å². The highest BCUT2D eigenvalue weighted by Gasteiger charge is 2.74. The van der Waals surface area contributed by atoms with Crippen LogP contribution in [0.15, 0.2) is 0 Å². The second-order valence-electron chi connectivity index (χ2n) is 11.1. The van der Waals surface area contributed by atoms with E-state index < -0.39 is 34.5 Å². The summed E-state index contributed by atoms with van der Waals surface area (Å²) in [5, 5.41) is 35.9. The number of rotatable bonds is 4. The molecule has 1 aliphatic heterocycles. The van der Waals surface area contributed by atoms with E-state index in [1.54, 1.807) is 0 Å². The van der Waals surface area contributed by atoms with Gasteiger partial charge in [-0.05, 0) is 67.2 Å². The van der Waals surface area contributed by atoms with Crippen LogP contribution in [0, 0.1) is 11.8 Å². The molecule has 0 aromatic heterocycles. The molecule has 0 aromatic carbocycles. The monoisotopic (exact) mass is 398 g/mol. The van der Waals surface area contributed by atoms with Crippen LogP contribution in [-0.2, 0) is 14.7 Å². The molecule has 0 bridgehead atoms. The third kappa shape index (κ3) is 3.44. The van der Waals surface area contributed by atoms with Gasteiger partial charge < -0.3 is 19.7 Å². The van der Waals surface area contributed by atoms with Gasteiger partial charge in [-0.15, -0.1) is 10.3 Å². The van der Waals surface area contributed by atoms with Crippen molar-refractivity contribution < 1.29 is 24.9 Å². The van der Waals surface area contributed by atoms with Gasteiger partial charge in [-0.2, -0.15) is 0 Å². The zero-order chi connectivity index (χ0) is 21.0. The van der Waals surface area contributed by atoms with E-state index in [1.807, 2.05) is 41.5 Å². The summed E-state index contributed by atoms with van der Waals surface area (Å²) in [5.74, 6) is -0.273. The lowest BCUT2D eigenvalue weighted by Crippen LogP contribution is -2.59. The fourth-order valence-corrected chi connectivity index (χ4v) is 6.19. The molecule has 3 fully saturated rings. The molecule has 0 unspecified atom stereocenters. The maximum absolute atomic E-state index is 14.2. The molecule has 2 N–H and O–H groups in total. The average Bonchev–Trinajstić information content (AvgIpc) is 3.23. The molecule has 1 radical (unpaired) electrons. The number of hydroxylamine groups is 2. The Morgan fingerprint density at radius 1 is 0.821 bits per heavy atom. The van der Waals surface area contributed by atoms with E-state index in [9.17, 15) is 15.4 Å². The fraction of sp³-hybridized carbons (Fsp3) is 1.00. The Balaban J connectivity index is 2.17. The molecule has 0 aromatic rings. The normalized spacial score (nSPS) is 42.3. The lowest BCUT2D eigenvalue weighted by Gasteiger charge is -2.43. The molecule has 2 saturated carbocycles. The Morgan fingerprint density at radius 2 is 1.18 bits per heavy atom. The molecule has 6 nitrogen and oxygen atoms in total. The number of aliphatic hydroxyl groups is 2. The molecule has 163 valence electrons. The van der Waals surface area contributed by atoms with Crippen molar-refractivity contribution in [1.82, 2.24) is 5.06 Å². The summed E-state index contributed by atoms with van der Waals surface area (Å²) in [6.45, 7) is 12.0. The first-order valence-electron chi connectivity index (χ1n) is 11.0. The van der Waals surface area contributed by atoms with Gasteiger partial charge in [0.05, 0.1) is 22.3 Å². The molecule has 6 atom stereocenters. The van der Waals surface area contributed by atoms with E-state index in [4.69, 9.17) is 9.47 Å². The molecule has 6 heteroatoms. The summed E-state index contributed by atoms with van der Waals surface area (Å²) >= 11 is 0. The van der Waals surface area contributed by atoms with Gasteiger partial charge in [0.2, 0.25) is 0 Å². The van der Waals surface area contributed by atoms with Crippen molar-refractivity contribution in [2.75, 3.05) is 13.2 Å². The highest BCUT2D eigenvalue weighted by atomic mass is 16.6. The van der Waals surface area contributed by atoms with Crippen molar-refractivity contribution in [2.24, 2.45) is 11.8 Å². The lowest BCUT2D eigenvalue weighted by atomic mass is 9.79. The molecule has 3 aliphatic rings. The first-order valence-corrected chi connectivity index (χ1v) is 11.0. The van der Waals surface area contributed by atoms with Gasteiger partial charge in [-0.1, -0.05) is 12.8 Å². The standard InChI is InChI=1S/C22H40NO5/c1-19(2,3)27-17-18(28-20(4,5)6)22(12-8-10-16(22)14-25)23(26)21(17)11-7-9-15(21)13-24/h15-18,24-25H,7-14H2,1-6H3/t15-,16-,17+,18+,21-,22-/m0/s1. The van der Waals surface area contributed by atoms with E-state index in [0.29, 0.717) is 12.8 Å². The van der Waals surface area contributed by atoms with E-state index in [-0.39, 0.29) is 25.0 Å². The van der Waals surface area contributed by atoms with Crippen LogP contribution in [0.25, 0.3) is 0 Å². The van der Waals surface area contributed by atoms with Crippen molar-refractivity contribution >= 4 is 0 Å². The van der Waals surface area contributed by atoms with Gasteiger partial charge in [-0.3, -0.25) is 0 Å². The maximum Gasteiger partial charge on any atom is 0.107 e. The molecular formula is C22H40NO5. The fourth-order valence-electron chi connectivity index (χ4n) is 6.19. The quantitative estimate of drug-likeness (QED) is 0.760. The first kappa shape index (κ1) is 22.4. The van der Waals surface area contributed by atoms with Crippen molar-refractivity contribution in [3.05, 3.63) is 0 Å². The first-order chi connectivity index (χ1) is 12.9. The number of ether oxygens (including phenoxy) is 2. The van der Waals surface area contributed by atoms with Gasteiger partial charge in [0.25, 0.3) is 0 Å². The minimum atomic E-state index is -0.796. The maximum atomic E-state index is 14.2. The summed E-state index contributed by atoms with van der Waals surface area (Å²) in [6, 6.07) is 0. The number of hydrogen-bond acceptors (Lipinski definition) is 5. The van der Waals surface area contributed by atoms with Crippen LogP contribution in [0.4, 0.5) is 0 Å². The van der Waals surface area contributed by atoms with Gasteiger partial charge in [0, 0.05) is 25.0 Å². The van der Waals surface area contributed by atoms with E-state index in [1.165, 1.54) is 5.06 Å². The van der Waals surface area contributed by atoms with Crippen molar-refractivity contribution in [2.45, 2.75) is 115 Å². The third-order valence-electron chi connectivity index (χ3n) is 7.09.